The minimum Gasteiger partial charge on any atom is -0.507 e. The molecule has 1 saturated heterocycles. The number of nitrogens with zero attached hydrogens (tertiary/aromatic N) is 1. The Hall–Kier alpha value is -1.26. The minimum atomic E-state index is 0.322. The molecule has 1 aromatic carbocycles. The summed E-state index contributed by atoms with van der Waals surface area (Å²) < 4.78 is 5.10. The minimum absolute atomic E-state index is 0.322. The number of nitrogens with one attached hydrogen (secondary N) is 1. The van der Waals surface area contributed by atoms with E-state index >= 15 is 0 Å². The summed E-state index contributed by atoms with van der Waals surface area (Å²) >= 11 is 0. The molecule has 1 aromatic rings. The van der Waals surface area contributed by atoms with Crippen LogP contribution in [0.5, 0.6) is 11.5 Å². The van der Waals surface area contributed by atoms with Crippen molar-refractivity contribution in [3.05, 3.63) is 23.8 Å². The fraction of sp³-hybridized carbons (Fsp3) is 0.571. The predicted molar refractivity (Wildman–Crippen MR) is 72.0 cm³/mol. The monoisotopic (exact) mass is 250 g/mol. The highest BCUT2D eigenvalue weighted by Gasteiger charge is 2.24. The Bertz CT molecular complexity index is 391. The van der Waals surface area contributed by atoms with E-state index in [1.165, 1.54) is 0 Å². The first-order valence-corrected chi connectivity index (χ1v) is 6.55. The van der Waals surface area contributed by atoms with E-state index in [-0.39, 0.29) is 0 Å². The molecule has 0 unspecified atom stereocenters. The average molecular weight is 250 g/mol. The molecule has 2 rings (SSSR count). The van der Waals surface area contributed by atoms with E-state index in [0.29, 0.717) is 17.5 Å². The maximum atomic E-state index is 9.99. The molecule has 1 fully saturated rings. The molecule has 1 aliphatic heterocycles. The third-order valence-corrected chi connectivity index (χ3v) is 3.45. The molecule has 4 heteroatoms. The number of phenols is 1. The summed E-state index contributed by atoms with van der Waals surface area (Å²) in [6.07, 6.45) is 1.13. The van der Waals surface area contributed by atoms with Gasteiger partial charge in [0.1, 0.15) is 11.5 Å². The van der Waals surface area contributed by atoms with Crippen LogP contribution in [0.1, 0.15) is 18.9 Å². The van der Waals surface area contributed by atoms with Crippen molar-refractivity contribution in [2.24, 2.45) is 0 Å². The molecule has 0 saturated carbocycles. The number of methoxy groups -OCH3 is 1. The third kappa shape index (κ3) is 2.94. The summed E-state index contributed by atoms with van der Waals surface area (Å²) in [6, 6.07) is 6.13. The lowest BCUT2D eigenvalue weighted by Crippen LogP contribution is -2.56. The predicted octanol–water partition coefficient (Wildman–Crippen LogP) is 1.58. The van der Waals surface area contributed by atoms with Crippen LogP contribution in [0.3, 0.4) is 0 Å². The Kier molecular flexibility index (Phi) is 4.44. The molecule has 100 valence electrons. The highest BCUT2D eigenvalue weighted by molar-refractivity contribution is 5.39. The molecule has 0 spiro atoms. The second kappa shape index (κ2) is 6.07. The van der Waals surface area contributed by atoms with E-state index in [4.69, 9.17) is 4.74 Å². The van der Waals surface area contributed by atoms with Crippen LogP contribution < -0.4 is 10.1 Å². The lowest BCUT2D eigenvalue weighted by molar-refractivity contribution is 0.136. The van der Waals surface area contributed by atoms with Gasteiger partial charge in [-0.05, 0) is 19.0 Å². The summed E-state index contributed by atoms with van der Waals surface area (Å²) in [7, 11) is 1.61. The first-order chi connectivity index (χ1) is 8.74. The molecule has 18 heavy (non-hydrogen) atoms. The zero-order valence-corrected chi connectivity index (χ0v) is 11.1. The summed E-state index contributed by atoms with van der Waals surface area (Å²) in [4.78, 5) is 2.43. The molecule has 0 aromatic heterocycles. The Balaban J connectivity index is 2.05. The summed E-state index contributed by atoms with van der Waals surface area (Å²) in [5, 5.41) is 13.3. The van der Waals surface area contributed by atoms with Gasteiger partial charge in [-0.1, -0.05) is 13.0 Å². The molecule has 0 aliphatic carbocycles. The molecule has 0 radical (unpaired) electrons. The second-order valence-corrected chi connectivity index (χ2v) is 4.78. The van der Waals surface area contributed by atoms with Gasteiger partial charge in [0, 0.05) is 37.3 Å². The van der Waals surface area contributed by atoms with E-state index < -0.39 is 0 Å². The SMILES string of the molecule is CCCN(Cc1ccc(OC)cc1O)C1CNC1. The topological polar surface area (TPSA) is 44.7 Å². The van der Waals surface area contributed by atoms with Crippen molar-refractivity contribution >= 4 is 0 Å². The van der Waals surface area contributed by atoms with Gasteiger partial charge in [-0.3, -0.25) is 4.90 Å². The van der Waals surface area contributed by atoms with E-state index in [1.807, 2.05) is 12.1 Å². The van der Waals surface area contributed by atoms with Gasteiger partial charge in [-0.25, -0.2) is 0 Å². The zero-order chi connectivity index (χ0) is 13.0. The quantitative estimate of drug-likeness (QED) is 0.804. The van der Waals surface area contributed by atoms with Gasteiger partial charge in [-0.2, -0.15) is 0 Å². The van der Waals surface area contributed by atoms with Gasteiger partial charge in [0.2, 0.25) is 0 Å². The van der Waals surface area contributed by atoms with Gasteiger partial charge >= 0.3 is 0 Å². The Labute approximate surface area is 109 Å². The smallest absolute Gasteiger partial charge is 0.123 e. The van der Waals surface area contributed by atoms with Gasteiger partial charge in [0.05, 0.1) is 7.11 Å². The lowest BCUT2D eigenvalue weighted by atomic mass is 10.1. The van der Waals surface area contributed by atoms with E-state index in [0.717, 1.165) is 38.2 Å². The number of ether oxygens (including phenoxy) is 1. The van der Waals surface area contributed by atoms with Crippen molar-refractivity contribution in [3.8, 4) is 11.5 Å². The van der Waals surface area contributed by atoms with Crippen LogP contribution in [0.15, 0.2) is 18.2 Å². The van der Waals surface area contributed by atoms with E-state index in [9.17, 15) is 5.11 Å². The van der Waals surface area contributed by atoms with Crippen molar-refractivity contribution in [3.63, 3.8) is 0 Å². The molecular weight excluding hydrogens is 228 g/mol. The standard InChI is InChI=1S/C14H22N2O2/c1-3-6-16(12-8-15-9-12)10-11-4-5-13(18-2)7-14(11)17/h4-5,7,12,15,17H,3,6,8-10H2,1-2H3. The summed E-state index contributed by atoms with van der Waals surface area (Å²) in [6.45, 7) is 6.16. The zero-order valence-electron chi connectivity index (χ0n) is 11.1. The van der Waals surface area contributed by atoms with Gasteiger partial charge in [0.15, 0.2) is 0 Å². The van der Waals surface area contributed by atoms with Crippen LogP contribution in [-0.2, 0) is 6.54 Å². The average Bonchev–Trinajstić information content (AvgIpc) is 2.29. The Morgan fingerprint density at radius 1 is 1.44 bits per heavy atom. The third-order valence-electron chi connectivity index (χ3n) is 3.45. The number of phenolic OH excluding ortho intramolecular Hbond substituents is 1. The van der Waals surface area contributed by atoms with Gasteiger partial charge in [-0.15, -0.1) is 0 Å². The first kappa shape index (κ1) is 13.2. The summed E-state index contributed by atoms with van der Waals surface area (Å²) in [5.41, 5.74) is 0.969. The van der Waals surface area contributed by atoms with Crippen LogP contribution in [0, 0.1) is 0 Å². The van der Waals surface area contributed by atoms with Crippen LogP contribution in [0.4, 0.5) is 0 Å². The van der Waals surface area contributed by atoms with E-state index in [2.05, 4.69) is 17.1 Å². The van der Waals surface area contributed by atoms with Crippen molar-refractivity contribution in [2.75, 3.05) is 26.7 Å². The molecule has 2 N–H and O–H groups in total. The van der Waals surface area contributed by atoms with Gasteiger partial charge < -0.3 is 15.2 Å². The fourth-order valence-electron chi connectivity index (χ4n) is 2.23. The van der Waals surface area contributed by atoms with Crippen LogP contribution >= 0.6 is 0 Å². The van der Waals surface area contributed by atoms with Crippen LogP contribution in [-0.4, -0.2) is 42.8 Å². The molecule has 1 aliphatic rings. The van der Waals surface area contributed by atoms with Crippen LogP contribution in [0.2, 0.25) is 0 Å². The number of aromatic hydroxyl groups is 1. The molecule has 4 nitrogen and oxygen atoms in total. The fourth-order valence-corrected chi connectivity index (χ4v) is 2.23. The maximum absolute atomic E-state index is 9.99. The molecule has 0 bridgehead atoms. The molecule has 1 heterocycles. The maximum Gasteiger partial charge on any atom is 0.123 e. The molecule has 0 atom stereocenters. The van der Waals surface area contributed by atoms with Crippen molar-refractivity contribution in [1.82, 2.24) is 10.2 Å². The highest BCUT2D eigenvalue weighted by atomic mass is 16.5. The molecular formula is C14H22N2O2. The van der Waals surface area contributed by atoms with E-state index in [1.54, 1.807) is 13.2 Å². The largest absolute Gasteiger partial charge is 0.507 e. The number of benzene rings is 1. The highest BCUT2D eigenvalue weighted by Crippen LogP contribution is 2.25. The number of rotatable bonds is 6. The van der Waals surface area contributed by atoms with Crippen molar-refractivity contribution in [1.29, 1.82) is 0 Å². The number of hydrogen-bond acceptors (Lipinski definition) is 4. The Morgan fingerprint density at radius 2 is 2.22 bits per heavy atom. The van der Waals surface area contributed by atoms with Crippen molar-refractivity contribution in [2.45, 2.75) is 25.9 Å². The Morgan fingerprint density at radius 3 is 2.72 bits per heavy atom. The molecule has 0 amide bonds. The van der Waals surface area contributed by atoms with Crippen molar-refractivity contribution < 1.29 is 9.84 Å². The normalized spacial score (nSPS) is 15.7. The van der Waals surface area contributed by atoms with Gasteiger partial charge in [0.25, 0.3) is 0 Å². The lowest BCUT2D eigenvalue weighted by Gasteiger charge is -2.38. The number of hydrogen-bond donors (Lipinski definition) is 2. The first-order valence-electron chi connectivity index (χ1n) is 6.55. The second-order valence-electron chi connectivity index (χ2n) is 4.78. The summed E-state index contributed by atoms with van der Waals surface area (Å²) in [5.74, 6) is 1.02. The van der Waals surface area contributed by atoms with Crippen LogP contribution in [0.25, 0.3) is 0 Å².